The zero-order valence-corrected chi connectivity index (χ0v) is 15.0. The molecule has 2 aromatic rings. The summed E-state index contributed by atoms with van der Waals surface area (Å²) in [6.45, 7) is 4.96. The fraction of sp³-hybridized carbons (Fsp3) is 0.400. The van der Waals surface area contributed by atoms with Gasteiger partial charge in [0, 0.05) is 24.7 Å². The summed E-state index contributed by atoms with van der Waals surface area (Å²) in [4.78, 5) is 18.8. The van der Waals surface area contributed by atoms with Crippen molar-refractivity contribution in [2.45, 2.75) is 19.8 Å². The predicted molar refractivity (Wildman–Crippen MR) is 98.7 cm³/mol. The summed E-state index contributed by atoms with van der Waals surface area (Å²) in [6, 6.07) is 9.94. The molecule has 1 aromatic heterocycles. The van der Waals surface area contributed by atoms with E-state index in [0.717, 1.165) is 38.0 Å². The number of piperidine rings is 1. The van der Waals surface area contributed by atoms with Crippen molar-refractivity contribution < 1.29 is 13.9 Å². The van der Waals surface area contributed by atoms with Crippen LogP contribution in [0.1, 0.15) is 18.4 Å². The molecule has 0 bridgehead atoms. The fourth-order valence-corrected chi connectivity index (χ4v) is 3.10. The van der Waals surface area contributed by atoms with E-state index in [1.165, 1.54) is 12.1 Å². The van der Waals surface area contributed by atoms with Crippen molar-refractivity contribution in [2.75, 3.05) is 31.6 Å². The monoisotopic (exact) mass is 357 g/mol. The highest BCUT2D eigenvalue weighted by Crippen LogP contribution is 2.19. The zero-order valence-electron chi connectivity index (χ0n) is 15.0. The molecule has 0 saturated carbocycles. The molecule has 1 N–H and O–H groups in total. The number of anilines is 1. The van der Waals surface area contributed by atoms with Crippen molar-refractivity contribution in [1.82, 2.24) is 9.88 Å². The molecule has 1 aliphatic heterocycles. The van der Waals surface area contributed by atoms with Gasteiger partial charge in [-0.1, -0.05) is 6.07 Å². The van der Waals surface area contributed by atoms with Crippen LogP contribution in [0.25, 0.3) is 0 Å². The van der Waals surface area contributed by atoms with Gasteiger partial charge in [-0.15, -0.1) is 0 Å². The molecule has 0 aliphatic carbocycles. The van der Waals surface area contributed by atoms with Crippen LogP contribution in [0.5, 0.6) is 5.75 Å². The number of hydrogen-bond acceptors (Lipinski definition) is 4. The lowest BCUT2D eigenvalue weighted by atomic mass is 9.96. The van der Waals surface area contributed by atoms with Crippen LogP contribution in [0, 0.1) is 18.7 Å². The second-order valence-corrected chi connectivity index (χ2v) is 6.63. The van der Waals surface area contributed by atoms with Crippen LogP contribution in [-0.4, -0.2) is 42.0 Å². The number of amides is 1. The van der Waals surface area contributed by atoms with E-state index in [1.807, 2.05) is 19.1 Å². The molecule has 138 valence electrons. The number of likely N-dealkylation sites (tertiary alicyclic amines) is 1. The summed E-state index contributed by atoms with van der Waals surface area (Å²) in [6.07, 6.45) is 3.33. The number of benzene rings is 1. The number of nitrogens with zero attached hydrogens (tertiary/aromatic N) is 2. The Labute approximate surface area is 153 Å². The van der Waals surface area contributed by atoms with E-state index in [2.05, 4.69) is 15.2 Å². The van der Waals surface area contributed by atoms with Crippen molar-refractivity contribution >= 4 is 11.7 Å². The lowest BCUT2D eigenvalue weighted by molar-refractivity contribution is -0.121. The van der Waals surface area contributed by atoms with Crippen molar-refractivity contribution in [3.63, 3.8) is 0 Å². The molecule has 0 radical (unpaired) electrons. The molecule has 0 atom stereocenters. The highest BCUT2D eigenvalue weighted by atomic mass is 19.1. The maximum absolute atomic E-state index is 13.1. The van der Waals surface area contributed by atoms with Gasteiger partial charge in [0.05, 0.1) is 0 Å². The Bertz CT molecular complexity index is 745. The van der Waals surface area contributed by atoms with E-state index in [-0.39, 0.29) is 17.6 Å². The van der Waals surface area contributed by atoms with Crippen LogP contribution < -0.4 is 10.1 Å². The molecule has 1 saturated heterocycles. The van der Waals surface area contributed by atoms with Gasteiger partial charge in [0.1, 0.15) is 24.0 Å². The maximum Gasteiger partial charge on any atom is 0.228 e. The first kappa shape index (κ1) is 18.3. The van der Waals surface area contributed by atoms with E-state index in [9.17, 15) is 9.18 Å². The van der Waals surface area contributed by atoms with Crippen molar-refractivity contribution in [3.8, 4) is 5.75 Å². The number of ether oxygens (including phenoxy) is 1. The minimum absolute atomic E-state index is 0.0118. The summed E-state index contributed by atoms with van der Waals surface area (Å²) >= 11 is 0. The third-order valence-corrected chi connectivity index (χ3v) is 4.60. The molecule has 6 heteroatoms. The molecule has 1 aliphatic rings. The zero-order chi connectivity index (χ0) is 18.4. The number of carbonyl (C=O) groups is 1. The summed E-state index contributed by atoms with van der Waals surface area (Å²) < 4.78 is 18.7. The lowest BCUT2D eigenvalue weighted by Crippen LogP contribution is -2.40. The smallest absolute Gasteiger partial charge is 0.228 e. The number of aromatic nitrogens is 1. The molecule has 26 heavy (non-hydrogen) atoms. The van der Waals surface area contributed by atoms with Gasteiger partial charge in [0.15, 0.2) is 0 Å². The molecule has 0 unspecified atom stereocenters. The number of nitrogens with one attached hydrogen (secondary N) is 1. The molecular weight excluding hydrogens is 333 g/mol. The number of rotatable bonds is 6. The summed E-state index contributed by atoms with van der Waals surface area (Å²) in [5.74, 6) is 0.916. The lowest BCUT2D eigenvalue weighted by Gasteiger charge is -2.31. The quantitative estimate of drug-likeness (QED) is 0.862. The Morgan fingerprint density at radius 3 is 2.85 bits per heavy atom. The van der Waals surface area contributed by atoms with Crippen molar-refractivity contribution in [2.24, 2.45) is 5.92 Å². The van der Waals surface area contributed by atoms with Gasteiger partial charge in [-0.05, 0) is 62.7 Å². The van der Waals surface area contributed by atoms with Crippen LogP contribution in [0.4, 0.5) is 10.2 Å². The minimum Gasteiger partial charge on any atom is -0.492 e. The summed E-state index contributed by atoms with van der Waals surface area (Å²) in [5, 5.41) is 2.91. The molecule has 1 amide bonds. The van der Waals surface area contributed by atoms with E-state index >= 15 is 0 Å². The number of halogens is 1. The summed E-state index contributed by atoms with van der Waals surface area (Å²) in [5.41, 5.74) is 1.07. The van der Waals surface area contributed by atoms with Gasteiger partial charge in [0.2, 0.25) is 5.91 Å². The van der Waals surface area contributed by atoms with E-state index < -0.39 is 0 Å². The highest BCUT2D eigenvalue weighted by molar-refractivity contribution is 5.91. The van der Waals surface area contributed by atoms with E-state index in [4.69, 9.17) is 4.74 Å². The SMILES string of the molecule is Cc1ccnc(NC(=O)C2CCN(CCOc3cccc(F)c3)CC2)c1. The number of carbonyl (C=O) groups excluding carboxylic acids is 1. The second-order valence-electron chi connectivity index (χ2n) is 6.63. The average Bonchev–Trinajstić information content (AvgIpc) is 2.62. The van der Waals surface area contributed by atoms with Crippen LogP contribution in [0.15, 0.2) is 42.6 Å². The van der Waals surface area contributed by atoms with E-state index in [1.54, 1.807) is 18.3 Å². The fourth-order valence-electron chi connectivity index (χ4n) is 3.10. The van der Waals surface area contributed by atoms with Crippen molar-refractivity contribution in [1.29, 1.82) is 0 Å². The second kappa shape index (κ2) is 8.76. The normalized spacial score (nSPS) is 15.6. The van der Waals surface area contributed by atoms with Gasteiger partial charge in [-0.25, -0.2) is 9.37 Å². The van der Waals surface area contributed by atoms with E-state index in [0.29, 0.717) is 18.2 Å². The largest absolute Gasteiger partial charge is 0.492 e. The Morgan fingerprint density at radius 2 is 2.12 bits per heavy atom. The topological polar surface area (TPSA) is 54.5 Å². The number of hydrogen-bond donors (Lipinski definition) is 1. The van der Waals surface area contributed by atoms with Crippen molar-refractivity contribution in [3.05, 3.63) is 54.0 Å². The van der Waals surface area contributed by atoms with Gasteiger partial charge >= 0.3 is 0 Å². The van der Waals surface area contributed by atoms with Crippen LogP contribution >= 0.6 is 0 Å². The molecular formula is C20H24FN3O2. The van der Waals surface area contributed by atoms with Crippen LogP contribution in [0.3, 0.4) is 0 Å². The summed E-state index contributed by atoms with van der Waals surface area (Å²) in [7, 11) is 0. The number of pyridine rings is 1. The Kier molecular flexibility index (Phi) is 6.17. The van der Waals surface area contributed by atoms with Gasteiger partial charge in [-0.2, -0.15) is 0 Å². The molecule has 5 nitrogen and oxygen atoms in total. The Balaban J connectivity index is 1.39. The number of aryl methyl sites for hydroxylation is 1. The Hall–Kier alpha value is -2.47. The molecule has 2 heterocycles. The predicted octanol–water partition coefficient (Wildman–Crippen LogP) is 3.26. The minimum atomic E-state index is -0.294. The molecule has 0 spiro atoms. The van der Waals surface area contributed by atoms with Gasteiger partial charge in [0.25, 0.3) is 0 Å². The molecule has 3 rings (SSSR count). The average molecular weight is 357 g/mol. The standard InChI is InChI=1S/C20H24FN3O2/c1-15-5-8-22-19(13-15)23-20(25)16-6-9-24(10-7-16)11-12-26-18-4-2-3-17(21)14-18/h2-5,8,13-14,16H,6-7,9-12H2,1H3,(H,22,23,25). The first-order valence-corrected chi connectivity index (χ1v) is 8.94. The first-order valence-electron chi connectivity index (χ1n) is 8.94. The maximum atomic E-state index is 13.1. The molecule has 1 fully saturated rings. The molecule has 1 aromatic carbocycles. The Morgan fingerprint density at radius 1 is 1.31 bits per heavy atom. The van der Waals surface area contributed by atoms with Gasteiger partial charge < -0.3 is 10.1 Å². The third-order valence-electron chi connectivity index (χ3n) is 4.60. The van der Waals surface area contributed by atoms with Crippen LogP contribution in [-0.2, 0) is 4.79 Å². The van der Waals surface area contributed by atoms with Crippen LogP contribution in [0.2, 0.25) is 0 Å². The van der Waals surface area contributed by atoms with Gasteiger partial charge in [-0.3, -0.25) is 9.69 Å². The first-order chi connectivity index (χ1) is 12.6. The third kappa shape index (κ3) is 5.26. The highest BCUT2D eigenvalue weighted by Gasteiger charge is 2.25.